The lowest BCUT2D eigenvalue weighted by atomic mass is 9.42. The van der Waals surface area contributed by atoms with E-state index in [2.05, 4.69) is 0 Å². The van der Waals surface area contributed by atoms with E-state index in [1.807, 2.05) is 13.8 Å². The fourth-order valence-electron chi connectivity index (χ4n) is 6.73. The van der Waals surface area contributed by atoms with Crippen LogP contribution in [0.2, 0.25) is 0 Å². The molecule has 2 aliphatic carbocycles. The summed E-state index contributed by atoms with van der Waals surface area (Å²) in [5.41, 5.74) is -0.529. The van der Waals surface area contributed by atoms with Crippen LogP contribution in [0.25, 0.3) is 0 Å². The Morgan fingerprint density at radius 2 is 2.00 bits per heavy atom. The third-order valence-electron chi connectivity index (χ3n) is 8.04. The molecule has 0 bridgehead atoms. The Labute approximate surface area is 181 Å². The average Bonchev–Trinajstić information content (AvgIpc) is 3.23. The van der Waals surface area contributed by atoms with Crippen LogP contribution in [0.15, 0.2) is 23.0 Å². The average molecular weight is 434 g/mol. The van der Waals surface area contributed by atoms with Gasteiger partial charge in [0.15, 0.2) is 0 Å². The molecule has 1 aromatic heterocycles. The molecule has 3 aliphatic rings. The molecule has 1 saturated heterocycles. The van der Waals surface area contributed by atoms with Gasteiger partial charge < -0.3 is 23.7 Å². The number of methoxy groups -OCH3 is 1. The van der Waals surface area contributed by atoms with Gasteiger partial charge in [-0.05, 0) is 42.6 Å². The lowest BCUT2D eigenvalue weighted by Gasteiger charge is -2.63. The van der Waals surface area contributed by atoms with Crippen LogP contribution in [0.4, 0.5) is 0 Å². The molecule has 1 N–H and O–H groups in total. The van der Waals surface area contributed by atoms with E-state index >= 15 is 0 Å². The summed E-state index contributed by atoms with van der Waals surface area (Å²) in [6.45, 7) is 5.30. The highest BCUT2D eigenvalue weighted by atomic mass is 16.6. The number of esters is 3. The molecule has 0 spiro atoms. The van der Waals surface area contributed by atoms with Gasteiger partial charge in [0.2, 0.25) is 0 Å². The summed E-state index contributed by atoms with van der Waals surface area (Å²) in [6.07, 6.45) is 2.45. The zero-order chi connectivity index (χ0) is 22.6. The minimum Gasteiger partial charge on any atom is -0.472 e. The minimum absolute atomic E-state index is 0.147. The number of hydrogen-bond donors (Lipinski definition) is 1. The zero-order valence-corrected chi connectivity index (χ0v) is 18.3. The van der Waals surface area contributed by atoms with Gasteiger partial charge in [0.25, 0.3) is 0 Å². The second kappa shape index (κ2) is 7.65. The Balaban J connectivity index is 1.82. The number of aliphatic hydroxyl groups is 1. The molecule has 31 heavy (non-hydrogen) atoms. The highest BCUT2D eigenvalue weighted by molar-refractivity contribution is 5.76. The number of aliphatic hydroxyl groups excluding tert-OH is 1. The molecule has 2 saturated carbocycles. The van der Waals surface area contributed by atoms with Crippen LogP contribution in [0.1, 0.15) is 58.1 Å². The van der Waals surface area contributed by atoms with E-state index in [0.717, 1.165) is 5.56 Å². The van der Waals surface area contributed by atoms with Crippen molar-refractivity contribution in [2.45, 2.75) is 64.8 Å². The lowest BCUT2D eigenvalue weighted by Crippen LogP contribution is -2.66. The Morgan fingerprint density at radius 1 is 1.26 bits per heavy atom. The van der Waals surface area contributed by atoms with Crippen molar-refractivity contribution in [1.82, 2.24) is 0 Å². The number of furan rings is 1. The standard InChI is InChI=1S/C23H30O8/c1-12(24)30-18-16(25)9-15(20(26)28-4)22(2)7-5-14-21(27)31-17(13-6-8-29-11-13)10-23(14,3)19(18)22/h6,8,11,14-19,25H,5,7,9-10H2,1-4H3/t14-,15-,16-,17-,18-,19?,22-,23-/m0/s1. The van der Waals surface area contributed by atoms with E-state index in [1.54, 1.807) is 12.3 Å². The van der Waals surface area contributed by atoms with Crippen LogP contribution >= 0.6 is 0 Å². The van der Waals surface area contributed by atoms with Crippen LogP contribution < -0.4 is 0 Å². The molecular weight excluding hydrogens is 404 g/mol. The summed E-state index contributed by atoms with van der Waals surface area (Å²) in [4.78, 5) is 37.8. The second-order valence-corrected chi connectivity index (χ2v) is 9.72. The van der Waals surface area contributed by atoms with Crippen molar-refractivity contribution < 1.29 is 38.1 Å². The summed E-state index contributed by atoms with van der Waals surface area (Å²) in [5.74, 6) is -2.61. The van der Waals surface area contributed by atoms with Crippen molar-refractivity contribution in [2.24, 2.45) is 28.6 Å². The molecule has 8 heteroatoms. The van der Waals surface area contributed by atoms with Crippen LogP contribution in [-0.2, 0) is 28.6 Å². The quantitative estimate of drug-likeness (QED) is 0.571. The van der Waals surface area contributed by atoms with Gasteiger partial charge in [-0.2, -0.15) is 0 Å². The molecule has 1 aliphatic heterocycles. The van der Waals surface area contributed by atoms with E-state index in [9.17, 15) is 19.5 Å². The fraction of sp³-hybridized carbons (Fsp3) is 0.696. The first-order valence-corrected chi connectivity index (χ1v) is 10.8. The first-order chi connectivity index (χ1) is 14.6. The van der Waals surface area contributed by atoms with E-state index in [1.165, 1.54) is 20.3 Å². The van der Waals surface area contributed by atoms with Crippen LogP contribution in [0.5, 0.6) is 0 Å². The predicted octanol–water partition coefficient (Wildman–Crippen LogP) is 2.79. The molecule has 8 nitrogen and oxygen atoms in total. The molecule has 1 unspecified atom stereocenters. The third-order valence-corrected chi connectivity index (χ3v) is 8.04. The summed E-state index contributed by atoms with van der Waals surface area (Å²) in [5, 5.41) is 11.0. The van der Waals surface area contributed by atoms with E-state index in [-0.39, 0.29) is 18.4 Å². The molecule has 0 aromatic carbocycles. The third kappa shape index (κ3) is 3.35. The van der Waals surface area contributed by atoms with Crippen molar-refractivity contribution in [3.63, 3.8) is 0 Å². The van der Waals surface area contributed by atoms with Gasteiger partial charge in [-0.1, -0.05) is 13.8 Å². The SMILES string of the molecule is COC(=O)[C@@H]1C[C@H](O)[C@H](OC(C)=O)C2[C@@]1(C)CC[C@H]1C(=O)O[C@H](c3ccoc3)C[C@]21C. The van der Waals surface area contributed by atoms with Gasteiger partial charge in [0.1, 0.15) is 12.2 Å². The molecule has 0 radical (unpaired) electrons. The molecule has 1 aromatic rings. The van der Waals surface area contributed by atoms with Crippen molar-refractivity contribution in [1.29, 1.82) is 0 Å². The number of hydrogen-bond acceptors (Lipinski definition) is 8. The Kier molecular flexibility index (Phi) is 5.40. The largest absolute Gasteiger partial charge is 0.472 e. The molecular formula is C23H30O8. The van der Waals surface area contributed by atoms with Crippen molar-refractivity contribution in [2.75, 3.05) is 7.11 Å². The number of ether oxygens (including phenoxy) is 3. The minimum atomic E-state index is -1.04. The maximum atomic E-state index is 13.1. The number of rotatable bonds is 3. The molecule has 3 fully saturated rings. The lowest BCUT2D eigenvalue weighted by molar-refractivity contribution is -0.242. The monoisotopic (exact) mass is 434 g/mol. The summed E-state index contributed by atoms with van der Waals surface area (Å²) in [7, 11) is 1.34. The van der Waals surface area contributed by atoms with Crippen LogP contribution in [0, 0.1) is 28.6 Å². The molecule has 170 valence electrons. The number of cyclic esters (lactones) is 1. The molecule has 4 rings (SSSR count). The summed E-state index contributed by atoms with van der Waals surface area (Å²) in [6, 6.07) is 1.76. The highest BCUT2D eigenvalue weighted by Gasteiger charge is 2.68. The Bertz CT molecular complexity index is 863. The van der Waals surface area contributed by atoms with Crippen molar-refractivity contribution >= 4 is 17.9 Å². The maximum absolute atomic E-state index is 13.1. The van der Waals surface area contributed by atoms with Gasteiger partial charge in [-0.3, -0.25) is 14.4 Å². The number of carbonyl (C=O) groups is 3. The predicted molar refractivity (Wildman–Crippen MR) is 106 cm³/mol. The molecule has 8 atom stereocenters. The summed E-state index contributed by atoms with van der Waals surface area (Å²) < 4.78 is 21.7. The van der Waals surface area contributed by atoms with Gasteiger partial charge in [0.05, 0.1) is 37.6 Å². The first kappa shape index (κ1) is 21.9. The van der Waals surface area contributed by atoms with Crippen molar-refractivity contribution in [3.8, 4) is 0 Å². The smallest absolute Gasteiger partial charge is 0.310 e. The second-order valence-electron chi connectivity index (χ2n) is 9.72. The van der Waals surface area contributed by atoms with Gasteiger partial charge in [-0.15, -0.1) is 0 Å². The normalized spacial score (nSPS) is 42.0. The maximum Gasteiger partial charge on any atom is 0.310 e. The zero-order valence-electron chi connectivity index (χ0n) is 18.3. The van der Waals surface area contributed by atoms with Crippen LogP contribution in [0.3, 0.4) is 0 Å². The Hall–Kier alpha value is -2.35. The fourth-order valence-corrected chi connectivity index (χ4v) is 6.73. The Morgan fingerprint density at radius 3 is 2.61 bits per heavy atom. The number of fused-ring (bicyclic) bond motifs is 3. The van der Waals surface area contributed by atoms with Crippen molar-refractivity contribution in [3.05, 3.63) is 24.2 Å². The molecule has 2 heterocycles. The van der Waals surface area contributed by atoms with Gasteiger partial charge >= 0.3 is 17.9 Å². The van der Waals surface area contributed by atoms with Gasteiger partial charge in [-0.25, -0.2) is 0 Å². The molecule has 0 amide bonds. The van der Waals surface area contributed by atoms with Gasteiger partial charge in [0, 0.05) is 18.4 Å². The highest BCUT2D eigenvalue weighted by Crippen LogP contribution is 2.66. The van der Waals surface area contributed by atoms with E-state index < -0.39 is 52.9 Å². The van der Waals surface area contributed by atoms with E-state index in [0.29, 0.717) is 19.3 Å². The topological polar surface area (TPSA) is 112 Å². The first-order valence-electron chi connectivity index (χ1n) is 10.8. The van der Waals surface area contributed by atoms with Crippen LogP contribution in [-0.4, -0.2) is 42.3 Å². The van der Waals surface area contributed by atoms with E-state index in [4.69, 9.17) is 18.6 Å². The summed E-state index contributed by atoms with van der Waals surface area (Å²) >= 11 is 0. The number of carbonyl (C=O) groups excluding carboxylic acids is 3.